The summed E-state index contributed by atoms with van der Waals surface area (Å²) in [5.74, 6) is 0. The molecule has 1 saturated heterocycles. The maximum Gasteiger partial charge on any atom is 0.416 e. The van der Waals surface area contributed by atoms with Crippen molar-refractivity contribution in [1.82, 2.24) is 9.78 Å². The zero-order valence-corrected chi connectivity index (χ0v) is 24.7. The summed E-state index contributed by atoms with van der Waals surface area (Å²) in [6.45, 7) is 12.8. The van der Waals surface area contributed by atoms with Gasteiger partial charge in [-0.2, -0.15) is 18.3 Å². The first-order chi connectivity index (χ1) is 17.4. The van der Waals surface area contributed by atoms with Crippen molar-refractivity contribution in [3.05, 3.63) is 47.3 Å². The van der Waals surface area contributed by atoms with Gasteiger partial charge in [0, 0.05) is 32.4 Å². The number of sulfone groups is 1. The summed E-state index contributed by atoms with van der Waals surface area (Å²) in [7, 11) is -5.41. The Morgan fingerprint density at radius 2 is 1.92 bits per heavy atom. The maximum atomic E-state index is 13.6. The lowest BCUT2D eigenvalue weighted by molar-refractivity contribution is -0.137. The van der Waals surface area contributed by atoms with Gasteiger partial charge < -0.3 is 14.6 Å². The molecule has 1 aromatic heterocycles. The molecular formula is C26H39F3N2O5SSi. The molecule has 0 spiro atoms. The first kappa shape index (κ1) is 30.8. The zero-order chi connectivity index (χ0) is 28.6. The van der Waals surface area contributed by atoms with Crippen LogP contribution in [-0.4, -0.2) is 55.9 Å². The molecule has 1 N–H and O–H groups in total. The Bertz CT molecular complexity index is 1220. The smallest absolute Gasteiger partial charge is 0.395 e. The summed E-state index contributed by atoms with van der Waals surface area (Å²) in [4.78, 5) is -0.362. The molecule has 2 atom stereocenters. The molecule has 0 radical (unpaired) electrons. The van der Waals surface area contributed by atoms with Crippen LogP contribution >= 0.6 is 0 Å². The summed E-state index contributed by atoms with van der Waals surface area (Å²) >= 11 is 0. The van der Waals surface area contributed by atoms with Crippen LogP contribution < -0.4 is 0 Å². The molecule has 1 aromatic carbocycles. The van der Waals surface area contributed by atoms with Crippen molar-refractivity contribution in [3.63, 3.8) is 0 Å². The molecule has 1 fully saturated rings. The minimum Gasteiger partial charge on any atom is -0.395 e. The van der Waals surface area contributed by atoms with Gasteiger partial charge >= 0.3 is 6.18 Å². The highest BCUT2D eigenvalue weighted by Crippen LogP contribution is 2.43. The van der Waals surface area contributed by atoms with Crippen molar-refractivity contribution >= 4 is 17.9 Å². The van der Waals surface area contributed by atoms with E-state index in [-0.39, 0.29) is 37.7 Å². The SMILES string of the molecule is CC(C)(CO)c1cc(C2CC(C)(S(=O)(=O)c3cccc(C(F)(F)F)c3)CCO2)nn1COCC[Si](C)(C)C. The second-order valence-corrected chi connectivity index (χ2v) is 20.2. The van der Waals surface area contributed by atoms with E-state index in [0.29, 0.717) is 18.4 Å². The van der Waals surface area contributed by atoms with Gasteiger partial charge in [0.25, 0.3) is 0 Å². The van der Waals surface area contributed by atoms with Gasteiger partial charge in [-0.05, 0) is 50.1 Å². The molecular weight excluding hydrogens is 537 g/mol. The molecule has 2 heterocycles. The number of alkyl halides is 3. The van der Waals surface area contributed by atoms with Crippen LogP contribution in [0.1, 0.15) is 56.7 Å². The molecule has 1 aliphatic heterocycles. The van der Waals surface area contributed by atoms with Crippen molar-refractivity contribution in [1.29, 1.82) is 0 Å². The average molecular weight is 577 g/mol. The van der Waals surface area contributed by atoms with Gasteiger partial charge in [0.1, 0.15) is 12.8 Å². The number of nitrogens with zero attached hydrogens (tertiary/aromatic N) is 2. The van der Waals surface area contributed by atoms with Crippen LogP contribution in [0.3, 0.4) is 0 Å². The van der Waals surface area contributed by atoms with E-state index >= 15 is 0 Å². The topological polar surface area (TPSA) is 90.6 Å². The van der Waals surface area contributed by atoms with E-state index in [0.717, 1.165) is 23.9 Å². The normalized spacial score (nSPS) is 21.6. The molecule has 0 bridgehead atoms. The van der Waals surface area contributed by atoms with Gasteiger partial charge in [-0.15, -0.1) is 0 Å². The standard InChI is InChI=1S/C26H39F3N2O5SSi/c1-24(2,17-32)23-15-21(30-31(23)18-35-12-13-38(4,5)6)22-16-25(3,10-11-36-22)37(33,34)20-9-7-8-19(14-20)26(27,28)29/h7-9,14-15,22,32H,10-13,16-18H2,1-6H3. The minimum absolute atomic E-state index is 0.0259. The van der Waals surface area contributed by atoms with Gasteiger partial charge in [0.2, 0.25) is 0 Å². The molecule has 2 unspecified atom stereocenters. The van der Waals surface area contributed by atoms with Crippen molar-refractivity contribution in [2.75, 3.05) is 19.8 Å². The van der Waals surface area contributed by atoms with E-state index in [1.54, 1.807) is 17.7 Å². The van der Waals surface area contributed by atoms with Crippen molar-refractivity contribution in [2.24, 2.45) is 0 Å². The van der Waals surface area contributed by atoms with Crippen molar-refractivity contribution < 1.29 is 36.2 Å². The Labute approximate surface area is 224 Å². The predicted molar refractivity (Wildman–Crippen MR) is 141 cm³/mol. The fraction of sp³-hybridized carbons (Fsp3) is 0.654. The molecule has 3 rings (SSSR count). The Morgan fingerprint density at radius 3 is 2.53 bits per heavy atom. The van der Waals surface area contributed by atoms with Crippen LogP contribution in [0, 0.1) is 0 Å². The number of aromatic nitrogens is 2. The summed E-state index contributed by atoms with van der Waals surface area (Å²) in [5, 5.41) is 14.7. The number of hydrogen-bond acceptors (Lipinski definition) is 6. The van der Waals surface area contributed by atoms with Crippen LogP contribution in [0.5, 0.6) is 0 Å². The fourth-order valence-corrected chi connectivity index (χ4v) is 6.96. The number of hydrogen-bond donors (Lipinski definition) is 1. The number of ether oxygens (including phenoxy) is 2. The van der Waals surface area contributed by atoms with Crippen LogP contribution in [0.15, 0.2) is 35.2 Å². The van der Waals surface area contributed by atoms with E-state index in [9.17, 15) is 26.7 Å². The number of aliphatic hydroxyl groups is 1. The van der Waals surface area contributed by atoms with Gasteiger partial charge in [0.05, 0.1) is 27.5 Å². The Balaban J connectivity index is 1.89. The quantitative estimate of drug-likeness (QED) is 0.294. The summed E-state index contributed by atoms with van der Waals surface area (Å²) in [5.41, 5.74) is -0.426. The molecule has 0 aliphatic carbocycles. The Morgan fingerprint density at radius 1 is 1.24 bits per heavy atom. The first-order valence-electron chi connectivity index (χ1n) is 12.7. The predicted octanol–water partition coefficient (Wildman–Crippen LogP) is 5.57. The lowest BCUT2D eigenvalue weighted by Gasteiger charge is -2.37. The van der Waals surface area contributed by atoms with Crippen LogP contribution in [0.2, 0.25) is 25.7 Å². The highest BCUT2D eigenvalue weighted by Gasteiger charge is 2.46. The highest BCUT2D eigenvalue weighted by atomic mass is 32.2. The Kier molecular flexibility index (Phi) is 8.94. The average Bonchev–Trinajstić information content (AvgIpc) is 3.26. The lowest BCUT2D eigenvalue weighted by Crippen LogP contribution is -2.42. The zero-order valence-electron chi connectivity index (χ0n) is 22.9. The first-order valence-corrected chi connectivity index (χ1v) is 17.9. The molecule has 0 saturated carbocycles. The summed E-state index contributed by atoms with van der Waals surface area (Å²) in [6, 6.07) is 6.65. The van der Waals surface area contributed by atoms with Crippen molar-refractivity contribution in [3.8, 4) is 0 Å². The van der Waals surface area contributed by atoms with E-state index in [4.69, 9.17) is 9.47 Å². The third-order valence-corrected chi connectivity index (χ3v) is 11.4. The second kappa shape index (κ2) is 11.0. The molecule has 0 amide bonds. The van der Waals surface area contributed by atoms with Crippen molar-refractivity contribution in [2.45, 2.75) is 93.4 Å². The van der Waals surface area contributed by atoms with E-state index in [1.807, 2.05) is 13.8 Å². The van der Waals surface area contributed by atoms with E-state index in [2.05, 4.69) is 24.7 Å². The molecule has 1 aliphatic rings. The number of rotatable bonds is 10. The molecule has 214 valence electrons. The number of halogens is 3. The second-order valence-electron chi connectivity index (χ2n) is 12.1. The van der Waals surface area contributed by atoms with E-state index < -0.39 is 45.9 Å². The van der Waals surface area contributed by atoms with Crippen LogP contribution in [0.4, 0.5) is 13.2 Å². The maximum absolute atomic E-state index is 13.6. The summed E-state index contributed by atoms with van der Waals surface area (Å²) in [6.07, 6.45) is -5.18. The van der Waals surface area contributed by atoms with Gasteiger partial charge in [-0.25, -0.2) is 13.1 Å². The van der Waals surface area contributed by atoms with Crippen LogP contribution in [0.25, 0.3) is 0 Å². The van der Waals surface area contributed by atoms with E-state index in [1.165, 1.54) is 6.07 Å². The lowest BCUT2D eigenvalue weighted by atomic mass is 9.89. The third-order valence-electron chi connectivity index (χ3n) is 7.11. The molecule has 12 heteroatoms. The molecule has 7 nitrogen and oxygen atoms in total. The summed E-state index contributed by atoms with van der Waals surface area (Å²) < 4.78 is 79.1. The van der Waals surface area contributed by atoms with Gasteiger partial charge in [-0.3, -0.25) is 0 Å². The minimum atomic E-state index is -4.65. The molecule has 2 aromatic rings. The third kappa shape index (κ3) is 6.88. The number of aliphatic hydroxyl groups excluding tert-OH is 1. The molecule has 38 heavy (non-hydrogen) atoms. The van der Waals surface area contributed by atoms with Crippen LogP contribution in [-0.2, 0) is 37.6 Å². The number of benzene rings is 1. The monoisotopic (exact) mass is 576 g/mol. The Hall–Kier alpha value is -1.73. The van der Waals surface area contributed by atoms with Gasteiger partial charge in [0.15, 0.2) is 9.84 Å². The fourth-order valence-electron chi connectivity index (χ4n) is 4.38. The van der Waals surface area contributed by atoms with Gasteiger partial charge in [-0.1, -0.05) is 39.6 Å². The highest BCUT2D eigenvalue weighted by molar-refractivity contribution is 7.92. The largest absolute Gasteiger partial charge is 0.416 e.